The Morgan fingerprint density at radius 1 is 0.969 bits per heavy atom. The molecule has 0 aromatic rings. The van der Waals surface area contributed by atoms with Crippen LogP contribution in [-0.4, -0.2) is 79.3 Å². The van der Waals surface area contributed by atoms with Crippen LogP contribution in [0.5, 0.6) is 0 Å². The molecule has 0 radical (unpaired) electrons. The van der Waals surface area contributed by atoms with Gasteiger partial charge >= 0.3 is 11.9 Å². The summed E-state index contributed by atoms with van der Waals surface area (Å²) in [5.41, 5.74) is 5.44. The van der Waals surface area contributed by atoms with E-state index >= 15 is 0 Å². The number of hydrogen-bond acceptors (Lipinski definition) is 8. The monoisotopic (exact) mass is 461 g/mol. The Morgan fingerprint density at radius 2 is 1.50 bits per heavy atom. The molecule has 0 unspecified atom stereocenters. The zero-order chi connectivity index (χ0) is 24.6. The van der Waals surface area contributed by atoms with E-state index in [1.807, 2.05) is 13.8 Å². The normalized spacial score (nSPS) is 11.8. The number of carboxylic acids is 2. The predicted octanol–water partition coefficient (Wildman–Crippen LogP) is 1.61. The van der Waals surface area contributed by atoms with E-state index in [-0.39, 0.29) is 45.2 Å². The van der Waals surface area contributed by atoms with Gasteiger partial charge in [0.1, 0.15) is 17.2 Å². The Kier molecular flexibility index (Phi) is 14.3. The molecule has 0 bridgehead atoms. The van der Waals surface area contributed by atoms with Crippen LogP contribution in [0.15, 0.2) is 5.11 Å². The van der Waals surface area contributed by atoms with E-state index in [0.717, 1.165) is 0 Å². The predicted molar refractivity (Wildman–Crippen MR) is 113 cm³/mol. The molecular weight excluding hydrogens is 424 g/mol. The first-order valence-corrected chi connectivity index (χ1v) is 10.5. The second kappa shape index (κ2) is 15.4. The van der Waals surface area contributed by atoms with Crippen molar-refractivity contribution >= 4 is 17.8 Å². The first-order chi connectivity index (χ1) is 14.9. The Balaban J connectivity index is 4.69. The van der Waals surface area contributed by atoms with Gasteiger partial charge in [-0.1, -0.05) is 13.8 Å². The summed E-state index contributed by atoms with van der Waals surface area (Å²) in [4.78, 5) is 37.0. The summed E-state index contributed by atoms with van der Waals surface area (Å²) in [6.07, 6.45) is 0.699. The average molecular weight is 462 g/mol. The summed E-state index contributed by atoms with van der Waals surface area (Å²) < 4.78 is 16.5. The van der Waals surface area contributed by atoms with Gasteiger partial charge in [0, 0.05) is 18.4 Å². The number of aliphatic carboxylic acids is 2. The quantitative estimate of drug-likeness (QED) is 0.127. The van der Waals surface area contributed by atoms with Gasteiger partial charge in [0.25, 0.3) is 0 Å². The van der Waals surface area contributed by atoms with Gasteiger partial charge < -0.3 is 29.7 Å². The lowest BCUT2D eigenvalue weighted by Crippen LogP contribution is -2.47. The summed E-state index contributed by atoms with van der Waals surface area (Å²) in [5.74, 6) is -2.24. The Morgan fingerprint density at radius 3 is 1.97 bits per heavy atom. The maximum atomic E-state index is 12.8. The fourth-order valence-electron chi connectivity index (χ4n) is 2.42. The molecule has 0 rings (SSSR count). The van der Waals surface area contributed by atoms with E-state index in [2.05, 4.69) is 15.3 Å². The van der Waals surface area contributed by atoms with Crippen LogP contribution in [0, 0.1) is 10.9 Å². The molecule has 32 heavy (non-hydrogen) atoms. The topological polar surface area (TPSA) is 182 Å². The van der Waals surface area contributed by atoms with E-state index in [1.54, 1.807) is 13.8 Å². The highest BCUT2D eigenvalue weighted by atomic mass is 16.5. The lowest BCUT2D eigenvalue weighted by atomic mass is 9.88. The lowest BCUT2D eigenvalue weighted by molar-refractivity contribution is -0.139. The summed E-state index contributed by atoms with van der Waals surface area (Å²) in [5, 5.41) is 23.8. The van der Waals surface area contributed by atoms with Gasteiger partial charge in [0.2, 0.25) is 10.8 Å². The molecule has 0 saturated carbocycles. The van der Waals surface area contributed by atoms with Gasteiger partial charge in [-0.05, 0) is 20.3 Å². The summed E-state index contributed by atoms with van der Waals surface area (Å²) in [6, 6.07) is -0.558. The molecule has 4 N–H and O–H groups in total. The van der Waals surface area contributed by atoms with Crippen LogP contribution in [0.25, 0.3) is 0 Å². The van der Waals surface area contributed by atoms with Crippen molar-refractivity contribution in [2.45, 2.75) is 65.0 Å². The zero-order valence-corrected chi connectivity index (χ0v) is 19.4. The van der Waals surface area contributed by atoms with Gasteiger partial charge in [-0.2, -0.15) is 0 Å². The van der Waals surface area contributed by atoms with Gasteiger partial charge in [-0.3, -0.25) is 14.4 Å². The molecule has 0 spiro atoms. The average Bonchev–Trinajstić information content (AvgIpc) is 2.67. The summed E-state index contributed by atoms with van der Waals surface area (Å²) in [7, 11) is 0. The number of rotatable bonds is 19. The van der Waals surface area contributed by atoms with Gasteiger partial charge in [0.05, 0.1) is 50.9 Å². The Labute approximate surface area is 188 Å². The first-order valence-electron chi connectivity index (χ1n) is 10.5. The minimum Gasteiger partial charge on any atom is -0.481 e. The van der Waals surface area contributed by atoms with Crippen molar-refractivity contribution in [2.75, 3.05) is 39.6 Å². The van der Waals surface area contributed by atoms with Crippen molar-refractivity contribution in [3.63, 3.8) is 0 Å². The molecule has 184 valence electrons. The van der Waals surface area contributed by atoms with Gasteiger partial charge in [-0.25, -0.2) is 0 Å². The molecule has 0 aliphatic rings. The van der Waals surface area contributed by atoms with Crippen molar-refractivity contribution in [3.8, 4) is 0 Å². The number of hydrogen-bond donors (Lipinski definition) is 4. The van der Waals surface area contributed by atoms with E-state index < -0.39 is 29.0 Å². The highest BCUT2D eigenvalue weighted by Gasteiger charge is 2.30. The maximum absolute atomic E-state index is 12.8. The van der Waals surface area contributed by atoms with Crippen LogP contribution >= 0.6 is 0 Å². The molecule has 0 aromatic carbocycles. The number of amides is 1. The second-order valence-electron chi connectivity index (χ2n) is 8.56. The number of carbonyl (C=O) groups excluding carboxylic acids is 1. The Bertz CT molecular complexity index is 626. The smallest absolute Gasteiger partial charge is 0.305 e. The maximum Gasteiger partial charge on any atom is 0.305 e. The third-order valence-electron chi connectivity index (χ3n) is 4.61. The van der Waals surface area contributed by atoms with Gasteiger partial charge in [-0.15, -0.1) is 0 Å². The van der Waals surface area contributed by atoms with E-state index in [0.29, 0.717) is 26.0 Å². The van der Waals surface area contributed by atoms with Crippen molar-refractivity contribution in [1.29, 1.82) is 5.53 Å². The van der Waals surface area contributed by atoms with E-state index in [9.17, 15) is 14.4 Å². The molecule has 0 atom stereocenters. The summed E-state index contributed by atoms with van der Waals surface area (Å²) in [6.45, 7) is 8.13. The second-order valence-corrected chi connectivity index (χ2v) is 8.56. The number of carbonyl (C=O) groups is 3. The molecule has 12 nitrogen and oxygen atoms in total. The van der Waals surface area contributed by atoms with Crippen molar-refractivity contribution in [1.82, 2.24) is 10.2 Å². The largest absolute Gasteiger partial charge is 0.481 e. The van der Waals surface area contributed by atoms with Crippen LogP contribution < -0.4 is 10.2 Å². The molecular formula is C20H37N4O8+. The van der Waals surface area contributed by atoms with Crippen LogP contribution in [0.2, 0.25) is 0 Å². The SMILES string of the molecule is CC(C)(CCN=[N+]=N)OCCC(C)(C)C(=O)NC(COCCC(=O)O)COCCC(=O)O. The van der Waals surface area contributed by atoms with Crippen molar-refractivity contribution < 1.29 is 38.8 Å². The molecule has 0 fully saturated rings. The number of carboxylic acid groups (broad SMARTS) is 2. The number of nitrogens with zero attached hydrogens (tertiary/aromatic N) is 2. The van der Waals surface area contributed by atoms with Crippen LogP contribution in [0.3, 0.4) is 0 Å². The molecule has 0 heterocycles. The molecule has 0 saturated heterocycles. The van der Waals surface area contributed by atoms with E-state index in [4.69, 9.17) is 30.0 Å². The Hall–Kier alpha value is -2.40. The zero-order valence-electron chi connectivity index (χ0n) is 19.4. The molecule has 0 aromatic heterocycles. The highest BCUT2D eigenvalue weighted by molar-refractivity contribution is 5.82. The number of nitrogens with one attached hydrogen (secondary N) is 2. The van der Waals surface area contributed by atoms with Crippen molar-refractivity contribution in [2.24, 2.45) is 10.5 Å². The van der Waals surface area contributed by atoms with Crippen LogP contribution in [0.4, 0.5) is 0 Å². The minimum atomic E-state index is -0.991. The third-order valence-corrected chi connectivity index (χ3v) is 4.61. The standard InChI is InChI=1S/C20H36N4O8/c1-19(2,8-12-32-20(3,4)7-9-22-24-21)18(29)23-15(13-30-10-5-16(25)26)14-31-11-6-17(27)28/h15,21H,5-14H2,1-4H3,(H2-,23,25,26,27,28,29)/p+1. The van der Waals surface area contributed by atoms with Gasteiger partial charge in [0.15, 0.2) is 0 Å². The highest BCUT2D eigenvalue weighted by Crippen LogP contribution is 2.23. The molecule has 12 heteroatoms. The minimum absolute atomic E-state index is 0.0110. The fourth-order valence-corrected chi connectivity index (χ4v) is 2.42. The van der Waals surface area contributed by atoms with Crippen LogP contribution in [0.1, 0.15) is 53.4 Å². The van der Waals surface area contributed by atoms with Crippen molar-refractivity contribution in [3.05, 3.63) is 0 Å². The fraction of sp³-hybridized carbons (Fsp3) is 0.850. The third kappa shape index (κ3) is 15.4. The van der Waals surface area contributed by atoms with Crippen LogP contribution in [-0.2, 0) is 28.6 Å². The molecule has 0 aliphatic carbocycles. The van der Waals surface area contributed by atoms with E-state index in [1.165, 1.54) is 0 Å². The molecule has 1 amide bonds. The molecule has 0 aliphatic heterocycles. The first kappa shape index (κ1) is 29.6. The number of ether oxygens (including phenoxy) is 3. The summed E-state index contributed by atoms with van der Waals surface area (Å²) >= 11 is 0. The lowest BCUT2D eigenvalue weighted by Gasteiger charge is -2.30.